The van der Waals surface area contributed by atoms with Crippen LogP contribution in [-0.4, -0.2) is 33.1 Å². The van der Waals surface area contributed by atoms with E-state index < -0.39 is 11.8 Å². The fourth-order valence-electron chi connectivity index (χ4n) is 3.83. The van der Waals surface area contributed by atoms with E-state index in [1.807, 2.05) is 44.2 Å². The van der Waals surface area contributed by atoms with Gasteiger partial charge >= 0.3 is 0 Å². The first-order valence-electron chi connectivity index (χ1n) is 11.1. The average Bonchev–Trinajstić information content (AvgIpc) is 3.27. The Hall–Kier alpha value is -4.07. The molecule has 2 aromatic carbocycles. The highest BCUT2D eigenvalue weighted by atomic mass is 19.1. The molecule has 0 aliphatic carbocycles. The second-order valence-electron chi connectivity index (χ2n) is 8.48. The zero-order valence-electron chi connectivity index (χ0n) is 19.0. The molecule has 1 atom stereocenters. The number of carbonyl (C=O) groups is 2. The number of pyridine rings is 1. The Bertz CT molecular complexity index is 1320. The first-order valence-corrected chi connectivity index (χ1v) is 11.1. The highest BCUT2D eigenvalue weighted by Crippen LogP contribution is 2.26. The van der Waals surface area contributed by atoms with E-state index in [9.17, 15) is 14.0 Å². The standard InChI is InChI=1S/C26H26FN5O2/c1-16(2)32-25-22(15-30-32)21(13-23(31-25)18-6-4-3-5-7-18)26(34)29-14-19(24(28)33)12-17-8-10-20(27)11-9-17/h3-11,13,15-16,19H,12,14H2,1-2H3,(H2,28,33)(H,29,34). The summed E-state index contributed by atoms with van der Waals surface area (Å²) in [4.78, 5) is 30.1. The minimum absolute atomic E-state index is 0.0499. The van der Waals surface area contributed by atoms with Crippen LogP contribution in [0.1, 0.15) is 35.8 Å². The summed E-state index contributed by atoms with van der Waals surface area (Å²) in [5, 5.41) is 7.90. The van der Waals surface area contributed by atoms with Crippen LogP contribution < -0.4 is 11.1 Å². The van der Waals surface area contributed by atoms with Gasteiger partial charge in [-0.25, -0.2) is 14.1 Å². The second kappa shape index (κ2) is 9.82. The molecule has 0 bridgehead atoms. The minimum Gasteiger partial charge on any atom is -0.369 e. The molecule has 7 nitrogen and oxygen atoms in total. The number of hydrogen-bond acceptors (Lipinski definition) is 4. The Morgan fingerprint density at radius 3 is 2.44 bits per heavy atom. The van der Waals surface area contributed by atoms with Gasteiger partial charge in [-0.05, 0) is 44.0 Å². The van der Waals surface area contributed by atoms with Crippen LogP contribution in [0.5, 0.6) is 0 Å². The number of fused-ring (bicyclic) bond motifs is 1. The summed E-state index contributed by atoms with van der Waals surface area (Å²) in [5.74, 6) is -1.88. The molecule has 2 aromatic heterocycles. The minimum atomic E-state index is -0.640. The van der Waals surface area contributed by atoms with Gasteiger partial charge < -0.3 is 11.1 Å². The Morgan fingerprint density at radius 2 is 1.79 bits per heavy atom. The van der Waals surface area contributed by atoms with Crippen LogP contribution in [-0.2, 0) is 11.2 Å². The Labute approximate surface area is 196 Å². The van der Waals surface area contributed by atoms with E-state index >= 15 is 0 Å². The molecule has 0 aliphatic rings. The highest BCUT2D eigenvalue weighted by molar-refractivity contribution is 6.06. The van der Waals surface area contributed by atoms with Crippen LogP contribution in [0.2, 0.25) is 0 Å². The molecule has 0 spiro atoms. The quantitative estimate of drug-likeness (QED) is 0.417. The van der Waals surface area contributed by atoms with Crippen LogP contribution in [0.25, 0.3) is 22.3 Å². The van der Waals surface area contributed by atoms with Gasteiger partial charge in [0.1, 0.15) is 5.82 Å². The summed E-state index contributed by atoms with van der Waals surface area (Å²) in [6, 6.07) is 17.3. The van der Waals surface area contributed by atoms with E-state index in [1.165, 1.54) is 12.1 Å². The maximum atomic E-state index is 13.3. The summed E-state index contributed by atoms with van der Waals surface area (Å²) in [5.41, 5.74) is 8.89. The van der Waals surface area contributed by atoms with Crippen LogP contribution in [0, 0.1) is 11.7 Å². The number of primary amides is 1. The molecular weight excluding hydrogens is 433 g/mol. The molecule has 0 radical (unpaired) electrons. The maximum absolute atomic E-state index is 13.3. The van der Waals surface area contributed by atoms with Gasteiger partial charge in [0.15, 0.2) is 5.65 Å². The number of amides is 2. The van der Waals surface area contributed by atoms with Crippen LogP contribution >= 0.6 is 0 Å². The summed E-state index contributed by atoms with van der Waals surface area (Å²) in [6.07, 6.45) is 1.93. The zero-order valence-corrected chi connectivity index (χ0v) is 19.0. The normalized spacial score (nSPS) is 12.1. The van der Waals surface area contributed by atoms with Crippen molar-refractivity contribution in [2.24, 2.45) is 11.7 Å². The Balaban J connectivity index is 1.63. The molecule has 4 rings (SSSR count). The second-order valence-corrected chi connectivity index (χ2v) is 8.48. The third-order valence-corrected chi connectivity index (χ3v) is 5.68. The van der Waals surface area contributed by atoms with Crippen LogP contribution in [0.4, 0.5) is 4.39 Å². The lowest BCUT2D eigenvalue weighted by Gasteiger charge is -2.15. The van der Waals surface area contributed by atoms with Gasteiger partial charge in [0.2, 0.25) is 5.91 Å². The molecule has 8 heteroatoms. The van der Waals surface area contributed by atoms with Crippen LogP contribution in [0.15, 0.2) is 66.9 Å². The van der Waals surface area contributed by atoms with Crippen molar-refractivity contribution in [1.29, 1.82) is 0 Å². The zero-order chi connectivity index (χ0) is 24.2. The molecular formula is C26H26FN5O2. The predicted octanol–water partition coefficient (Wildman–Crippen LogP) is 3.89. The number of nitrogens with one attached hydrogen (secondary N) is 1. The molecule has 0 fully saturated rings. The van der Waals surface area contributed by atoms with E-state index in [4.69, 9.17) is 10.7 Å². The monoisotopic (exact) mass is 459 g/mol. The summed E-state index contributed by atoms with van der Waals surface area (Å²) < 4.78 is 15.0. The number of hydrogen-bond donors (Lipinski definition) is 2. The number of halogens is 1. The van der Waals surface area contributed by atoms with Gasteiger partial charge in [-0.2, -0.15) is 5.10 Å². The molecule has 4 aromatic rings. The lowest BCUT2D eigenvalue weighted by atomic mass is 9.98. The molecule has 1 unspecified atom stereocenters. The summed E-state index contributed by atoms with van der Waals surface area (Å²) in [6.45, 7) is 4.04. The number of nitrogens with zero attached hydrogens (tertiary/aromatic N) is 3. The fraction of sp³-hybridized carbons (Fsp3) is 0.231. The molecule has 2 heterocycles. The van der Waals surface area contributed by atoms with Gasteiger partial charge in [0, 0.05) is 18.2 Å². The van der Waals surface area contributed by atoms with E-state index in [2.05, 4.69) is 10.4 Å². The number of nitrogens with two attached hydrogens (primary N) is 1. The molecule has 2 amide bonds. The predicted molar refractivity (Wildman–Crippen MR) is 128 cm³/mol. The van der Waals surface area contributed by atoms with E-state index in [1.54, 1.807) is 29.1 Å². The van der Waals surface area contributed by atoms with Crippen molar-refractivity contribution in [2.45, 2.75) is 26.3 Å². The number of rotatable bonds is 8. The van der Waals surface area contributed by atoms with Gasteiger partial charge in [-0.15, -0.1) is 0 Å². The molecule has 3 N–H and O–H groups in total. The maximum Gasteiger partial charge on any atom is 0.252 e. The van der Waals surface area contributed by atoms with Crippen molar-refractivity contribution in [3.63, 3.8) is 0 Å². The third kappa shape index (κ3) is 4.96. The lowest BCUT2D eigenvalue weighted by molar-refractivity contribution is -0.121. The van der Waals surface area contributed by atoms with Crippen molar-refractivity contribution in [3.8, 4) is 11.3 Å². The molecule has 0 aliphatic heterocycles. The van der Waals surface area contributed by atoms with Crippen molar-refractivity contribution in [1.82, 2.24) is 20.1 Å². The molecule has 34 heavy (non-hydrogen) atoms. The highest BCUT2D eigenvalue weighted by Gasteiger charge is 2.21. The largest absolute Gasteiger partial charge is 0.369 e. The fourth-order valence-corrected chi connectivity index (χ4v) is 3.83. The smallest absolute Gasteiger partial charge is 0.252 e. The number of carbonyl (C=O) groups excluding carboxylic acids is 2. The van der Waals surface area contributed by atoms with Gasteiger partial charge in [-0.3, -0.25) is 9.59 Å². The van der Waals surface area contributed by atoms with Gasteiger partial charge in [-0.1, -0.05) is 42.5 Å². The summed E-state index contributed by atoms with van der Waals surface area (Å²) in [7, 11) is 0. The van der Waals surface area contributed by atoms with Crippen molar-refractivity contribution < 1.29 is 14.0 Å². The van der Waals surface area contributed by atoms with E-state index in [0.29, 0.717) is 28.7 Å². The molecule has 0 saturated carbocycles. The van der Waals surface area contributed by atoms with E-state index in [-0.39, 0.29) is 24.3 Å². The molecule has 174 valence electrons. The van der Waals surface area contributed by atoms with Gasteiger partial charge in [0.05, 0.1) is 28.8 Å². The topological polar surface area (TPSA) is 103 Å². The SMILES string of the molecule is CC(C)n1ncc2c(C(=O)NCC(Cc3ccc(F)cc3)C(N)=O)cc(-c3ccccc3)nc21. The van der Waals surface area contributed by atoms with Crippen LogP contribution in [0.3, 0.4) is 0 Å². The van der Waals surface area contributed by atoms with Crippen molar-refractivity contribution >= 4 is 22.8 Å². The van der Waals surface area contributed by atoms with Crippen molar-refractivity contribution in [3.05, 3.63) is 83.8 Å². The average molecular weight is 460 g/mol. The summed E-state index contributed by atoms with van der Waals surface area (Å²) >= 11 is 0. The Kier molecular flexibility index (Phi) is 6.67. The van der Waals surface area contributed by atoms with Gasteiger partial charge in [0.25, 0.3) is 5.91 Å². The number of aromatic nitrogens is 3. The number of benzene rings is 2. The third-order valence-electron chi connectivity index (χ3n) is 5.68. The Morgan fingerprint density at radius 1 is 1.09 bits per heavy atom. The van der Waals surface area contributed by atoms with Crippen molar-refractivity contribution in [2.75, 3.05) is 6.54 Å². The first-order chi connectivity index (χ1) is 16.3. The molecule has 0 saturated heterocycles. The first kappa shape index (κ1) is 23.1. The van der Waals surface area contributed by atoms with E-state index in [0.717, 1.165) is 11.1 Å². The lowest BCUT2D eigenvalue weighted by Crippen LogP contribution is -2.37.